The van der Waals surface area contributed by atoms with Crippen LogP contribution in [0, 0.1) is 17.8 Å². The fourth-order valence-corrected chi connectivity index (χ4v) is 4.05. The quantitative estimate of drug-likeness (QED) is 0.797. The van der Waals surface area contributed by atoms with E-state index in [2.05, 4.69) is 12.2 Å². The minimum Gasteiger partial charge on any atom is -0.375 e. The first-order valence-corrected chi connectivity index (χ1v) is 7.62. The van der Waals surface area contributed by atoms with E-state index in [9.17, 15) is 0 Å². The first-order chi connectivity index (χ1) is 8.27. The average molecular weight is 237 g/mol. The van der Waals surface area contributed by atoms with E-state index in [0.717, 1.165) is 24.4 Å². The Morgan fingerprint density at radius 1 is 1.29 bits per heavy atom. The van der Waals surface area contributed by atoms with Crippen molar-refractivity contribution in [2.24, 2.45) is 17.8 Å². The van der Waals surface area contributed by atoms with Crippen LogP contribution in [0.1, 0.15) is 51.9 Å². The van der Waals surface area contributed by atoms with Crippen LogP contribution < -0.4 is 5.32 Å². The highest BCUT2D eigenvalue weighted by atomic mass is 16.5. The zero-order chi connectivity index (χ0) is 11.7. The van der Waals surface area contributed by atoms with Crippen LogP contribution in [0.25, 0.3) is 0 Å². The van der Waals surface area contributed by atoms with Gasteiger partial charge in [-0.15, -0.1) is 0 Å². The minimum absolute atomic E-state index is 0.342. The molecule has 2 heterocycles. The molecule has 1 saturated carbocycles. The van der Waals surface area contributed by atoms with Gasteiger partial charge in [0.25, 0.3) is 0 Å². The van der Waals surface area contributed by atoms with Crippen molar-refractivity contribution < 1.29 is 4.74 Å². The molecule has 0 amide bonds. The Morgan fingerprint density at radius 2 is 2.18 bits per heavy atom. The standard InChI is InChI=1S/C15H27NO/c1-12-3-7-16-11-14(12)9-13-4-8-17-15(10-13)5-2-6-15/h12-14,16H,2-11H2,1H3. The van der Waals surface area contributed by atoms with Gasteiger partial charge in [0.2, 0.25) is 0 Å². The van der Waals surface area contributed by atoms with Crippen molar-refractivity contribution in [1.82, 2.24) is 5.32 Å². The third kappa shape index (κ3) is 2.53. The van der Waals surface area contributed by atoms with E-state index in [0.29, 0.717) is 5.60 Å². The van der Waals surface area contributed by atoms with Gasteiger partial charge in [0.05, 0.1) is 5.60 Å². The van der Waals surface area contributed by atoms with Crippen LogP contribution in [-0.4, -0.2) is 25.3 Å². The predicted octanol–water partition coefficient (Wildman–Crippen LogP) is 2.97. The van der Waals surface area contributed by atoms with Gasteiger partial charge >= 0.3 is 0 Å². The third-order valence-electron chi connectivity index (χ3n) is 5.48. The normalized spacial score (nSPS) is 41.1. The molecule has 2 heteroatoms. The van der Waals surface area contributed by atoms with Gasteiger partial charge in [-0.1, -0.05) is 6.92 Å². The first-order valence-electron chi connectivity index (χ1n) is 7.62. The predicted molar refractivity (Wildman–Crippen MR) is 70.0 cm³/mol. The van der Waals surface area contributed by atoms with E-state index in [4.69, 9.17) is 4.74 Å². The fraction of sp³-hybridized carbons (Fsp3) is 1.00. The first kappa shape index (κ1) is 12.0. The zero-order valence-electron chi connectivity index (χ0n) is 11.2. The van der Waals surface area contributed by atoms with Crippen molar-refractivity contribution in [3.05, 3.63) is 0 Å². The second-order valence-electron chi connectivity index (χ2n) is 6.71. The number of hydrogen-bond donors (Lipinski definition) is 1. The van der Waals surface area contributed by atoms with Crippen LogP contribution in [0.2, 0.25) is 0 Å². The number of ether oxygens (including phenoxy) is 1. The Balaban J connectivity index is 1.53. The Bertz CT molecular complexity index is 262. The molecule has 17 heavy (non-hydrogen) atoms. The summed E-state index contributed by atoms with van der Waals surface area (Å²) in [6.45, 7) is 5.96. The molecular formula is C15H27NO. The topological polar surface area (TPSA) is 21.3 Å². The molecule has 0 radical (unpaired) electrons. The monoisotopic (exact) mass is 237 g/mol. The third-order valence-corrected chi connectivity index (χ3v) is 5.48. The van der Waals surface area contributed by atoms with Crippen molar-refractivity contribution in [2.75, 3.05) is 19.7 Å². The molecule has 98 valence electrons. The number of nitrogens with one attached hydrogen (secondary N) is 1. The molecule has 0 aromatic heterocycles. The summed E-state index contributed by atoms with van der Waals surface area (Å²) in [4.78, 5) is 0. The van der Waals surface area contributed by atoms with Crippen LogP contribution >= 0.6 is 0 Å². The summed E-state index contributed by atoms with van der Waals surface area (Å²) >= 11 is 0. The molecule has 1 spiro atoms. The van der Waals surface area contributed by atoms with Gasteiger partial charge in [0.1, 0.15) is 0 Å². The van der Waals surface area contributed by atoms with Gasteiger partial charge in [0.15, 0.2) is 0 Å². The lowest BCUT2D eigenvalue weighted by Crippen LogP contribution is -2.46. The zero-order valence-corrected chi connectivity index (χ0v) is 11.2. The molecule has 1 aliphatic carbocycles. The van der Waals surface area contributed by atoms with E-state index < -0.39 is 0 Å². The van der Waals surface area contributed by atoms with Crippen molar-refractivity contribution >= 4 is 0 Å². The summed E-state index contributed by atoms with van der Waals surface area (Å²) in [6.07, 6.45) is 9.55. The maximum Gasteiger partial charge on any atom is 0.0685 e. The smallest absolute Gasteiger partial charge is 0.0685 e. The molecule has 0 aromatic rings. The van der Waals surface area contributed by atoms with Crippen LogP contribution in [0.15, 0.2) is 0 Å². The minimum atomic E-state index is 0.342. The van der Waals surface area contributed by atoms with E-state index >= 15 is 0 Å². The van der Waals surface area contributed by atoms with E-state index in [1.165, 1.54) is 58.0 Å². The van der Waals surface area contributed by atoms with Gasteiger partial charge in [-0.05, 0) is 75.8 Å². The molecule has 2 saturated heterocycles. The highest BCUT2D eigenvalue weighted by Gasteiger charge is 2.43. The molecule has 2 nitrogen and oxygen atoms in total. The number of rotatable bonds is 2. The Morgan fingerprint density at radius 3 is 2.88 bits per heavy atom. The Labute approximate surface area is 105 Å². The van der Waals surface area contributed by atoms with Crippen LogP contribution in [0.5, 0.6) is 0 Å². The van der Waals surface area contributed by atoms with Gasteiger partial charge in [-0.3, -0.25) is 0 Å². The van der Waals surface area contributed by atoms with Crippen molar-refractivity contribution in [3.63, 3.8) is 0 Å². The lowest BCUT2D eigenvalue weighted by Gasteiger charge is -2.48. The van der Waals surface area contributed by atoms with Gasteiger partial charge < -0.3 is 10.1 Å². The van der Waals surface area contributed by atoms with Crippen molar-refractivity contribution in [2.45, 2.75) is 57.5 Å². The Hall–Kier alpha value is -0.0800. The molecule has 2 aliphatic heterocycles. The second-order valence-corrected chi connectivity index (χ2v) is 6.71. The number of piperidine rings is 1. The summed E-state index contributed by atoms with van der Waals surface area (Å²) < 4.78 is 6.03. The Kier molecular flexibility index (Phi) is 3.45. The largest absolute Gasteiger partial charge is 0.375 e. The van der Waals surface area contributed by atoms with Crippen LogP contribution in [0.4, 0.5) is 0 Å². The van der Waals surface area contributed by atoms with E-state index in [1.807, 2.05) is 0 Å². The van der Waals surface area contributed by atoms with Crippen LogP contribution in [0.3, 0.4) is 0 Å². The van der Waals surface area contributed by atoms with Crippen molar-refractivity contribution in [3.8, 4) is 0 Å². The lowest BCUT2D eigenvalue weighted by molar-refractivity contribution is -0.146. The molecule has 0 bridgehead atoms. The van der Waals surface area contributed by atoms with Gasteiger partial charge in [-0.25, -0.2) is 0 Å². The maximum absolute atomic E-state index is 6.03. The van der Waals surface area contributed by atoms with E-state index in [1.54, 1.807) is 0 Å². The van der Waals surface area contributed by atoms with Gasteiger partial charge in [-0.2, -0.15) is 0 Å². The summed E-state index contributed by atoms with van der Waals surface area (Å²) in [5, 5.41) is 3.57. The highest BCUT2D eigenvalue weighted by molar-refractivity contribution is 4.94. The summed E-state index contributed by atoms with van der Waals surface area (Å²) in [5.41, 5.74) is 0.342. The molecule has 0 aromatic carbocycles. The average Bonchev–Trinajstić information content (AvgIpc) is 2.31. The molecule has 3 unspecified atom stereocenters. The molecule has 3 aliphatic rings. The molecule has 3 rings (SSSR count). The number of hydrogen-bond acceptors (Lipinski definition) is 2. The molecular weight excluding hydrogens is 210 g/mol. The molecule has 1 N–H and O–H groups in total. The molecule has 3 atom stereocenters. The SMILES string of the molecule is CC1CCNCC1CC1CCOC2(CCC2)C1. The maximum atomic E-state index is 6.03. The van der Waals surface area contributed by atoms with Gasteiger partial charge in [0, 0.05) is 6.61 Å². The summed E-state index contributed by atoms with van der Waals surface area (Å²) in [6, 6.07) is 0. The lowest BCUT2D eigenvalue weighted by atomic mass is 9.69. The summed E-state index contributed by atoms with van der Waals surface area (Å²) in [7, 11) is 0. The molecule has 3 fully saturated rings. The van der Waals surface area contributed by atoms with Crippen molar-refractivity contribution in [1.29, 1.82) is 0 Å². The van der Waals surface area contributed by atoms with Crippen LogP contribution in [-0.2, 0) is 4.74 Å². The highest BCUT2D eigenvalue weighted by Crippen LogP contribution is 2.46. The summed E-state index contributed by atoms with van der Waals surface area (Å²) in [5.74, 6) is 2.79. The van der Waals surface area contributed by atoms with E-state index in [-0.39, 0.29) is 0 Å². The second kappa shape index (κ2) is 4.89. The fourth-order valence-electron chi connectivity index (χ4n) is 4.05.